The number of phenols is 1. The molecule has 0 spiro atoms. The van der Waals surface area contributed by atoms with Crippen molar-refractivity contribution in [2.45, 2.75) is 0 Å². The van der Waals surface area contributed by atoms with E-state index in [1.54, 1.807) is 24.3 Å². The van der Waals surface area contributed by atoms with Gasteiger partial charge < -0.3 is 9.90 Å². The van der Waals surface area contributed by atoms with E-state index >= 15 is 0 Å². The monoisotopic (exact) mass is 221 g/mol. The van der Waals surface area contributed by atoms with Crippen molar-refractivity contribution < 1.29 is 22.9 Å². The van der Waals surface area contributed by atoms with Crippen LogP contribution < -0.4 is 5.14 Å². The molecule has 0 aliphatic rings. The minimum atomic E-state index is -4.17. The third-order valence-corrected chi connectivity index (χ3v) is 0.756. The maximum Gasteiger partial charge on any atom is 0.330 e. The summed E-state index contributed by atoms with van der Waals surface area (Å²) in [6.45, 7) is 2.00. The number of hydrogen-bond acceptors (Lipinski definition) is 4. The summed E-state index contributed by atoms with van der Waals surface area (Å²) in [6.07, 6.45) is 0. The molecule has 0 aromatic heterocycles. The number of phenolic OH excluding ortho intramolecular Hbond substituents is 1. The quantitative estimate of drug-likeness (QED) is 0.531. The Labute approximate surface area is 81.9 Å². The maximum absolute atomic E-state index is 8.97. The summed E-state index contributed by atoms with van der Waals surface area (Å²) in [6, 6.07) is 8.71. The van der Waals surface area contributed by atoms with Gasteiger partial charge >= 0.3 is 10.3 Å². The van der Waals surface area contributed by atoms with Crippen LogP contribution in [0.3, 0.4) is 0 Å². The minimum Gasteiger partial charge on any atom is -0.508 e. The van der Waals surface area contributed by atoms with Crippen LogP contribution in [-0.2, 0) is 15.1 Å². The van der Waals surface area contributed by atoms with Crippen molar-refractivity contribution in [2.75, 3.05) is 0 Å². The zero-order valence-corrected chi connectivity index (χ0v) is 8.02. The van der Waals surface area contributed by atoms with Crippen molar-refractivity contribution in [3.05, 3.63) is 30.3 Å². The van der Waals surface area contributed by atoms with E-state index in [0.717, 1.165) is 0 Å². The molecule has 0 saturated carbocycles. The van der Waals surface area contributed by atoms with E-state index in [4.69, 9.17) is 22.9 Å². The third kappa shape index (κ3) is 22.4. The zero-order valence-electron chi connectivity index (χ0n) is 7.20. The predicted molar refractivity (Wildman–Crippen MR) is 51.0 cm³/mol. The Kier molecular flexibility index (Phi) is 8.79. The van der Waals surface area contributed by atoms with Crippen LogP contribution in [0.1, 0.15) is 0 Å². The lowest BCUT2D eigenvalue weighted by Gasteiger charge is -1.82. The van der Waals surface area contributed by atoms with Crippen molar-refractivity contribution in [3.63, 3.8) is 0 Å². The molecule has 0 aliphatic carbocycles. The Morgan fingerprint density at radius 3 is 1.57 bits per heavy atom. The Balaban J connectivity index is 0. The van der Waals surface area contributed by atoms with Gasteiger partial charge in [0.05, 0.1) is 0 Å². The number of carbonyl (C=O) groups excluding carboxylic acids is 1. The standard InChI is InChI=1S/C6H6O.CH2O.H3NO3S/c7-6-4-2-1-3-5-6;1-2;1-5(2,3)4/h1-5,7H;1H2;(H3,1,2,3,4). The molecule has 0 atom stereocenters. The smallest absolute Gasteiger partial charge is 0.330 e. The van der Waals surface area contributed by atoms with Crippen LogP contribution in [0.25, 0.3) is 0 Å². The fraction of sp³-hybridized carbons (Fsp3) is 0. The lowest BCUT2D eigenvalue weighted by atomic mass is 10.3. The van der Waals surface area contributed by atoms with Gasteiger partial charge in [-0.15, -0.1) is 0 Å². The van der Waals surface area contributed by atoms with Crippen LogP contribution in [0.15, 0.2) is 30.3 Å². The highest BCUT2D eigenvalue weighted by Crippen LogP contribution is 2.02. The van der Waals surface area contributed by atoms with Gasteiger partial charge in [0, 0.05) is 0 Å². The molecule has 1 aromatic carbocycles. The summed E-state index contributed by atoms with van der Waals surface area (Å²) in [4.78, 5) is 8.00. The molecule has 0 unspecified atom stereocenters. The number of benzene rings is 1. The van der Waals surface area contributed by atoms with Crippen LogP contribution in [0.5, 0.6) is 5.75 Å². The van der Waals surface area contributed by atoms with Gasteiger partial charge in [0.15, 0.2) is 0 Å². The molecule has 1 aromatic rings. The van der Waals surface area contributed by atoms with E-state index in [1.165, 1.54) is 0 Å². The molecular weight excluding hydrogens is 210 g/mol. The lowest BCUT2D eigenvalue weighted by Crippen LogP contribution is -2.08. The molecule has 0 saturated heterocycles. The highest BCUT2D eigenvalue weighted by molar-refractivity contribution is 7.83. The first-order valence-corrected chi connectivity index (χ1v) is 4.68. The van der Waals surface area contributed by atoms with Gasteiger partial charge in [-0.25, -0.2) is 5.14 Å². The lowest BCUT2D eigenvalue weighted by molar-refractivity contribution is -0.0979. The van der Waals surface area contributed by atoms with Gasteiger partial charge in [-0.05, 0) is 12.1 Å². The molecule has 0 amide bonds. The summed E-state index contributed by atoms with van der Waals surface area (Å²) in [5, 5.41) is 12.5. The molecule has 14 heavy (non-hydrogen) atoms. The van der Waals surface area contributed by atoms with Crippen LogP contribution in [0.2, 0.25) is 0 Å². The molecule has 0 heterocycles. The van der Waals surface area contributed by atoms with Crippen LogP contribution >= 0.6 is 0 Å². The van der Waals surface area contributed by atoms with E-state index in [2.05, 4.69) is 5.14 Å². The van der Waals surface area contributed by atoms with Crippen molar-refractivity contribution in [3.8, 4) is 5.75 Å². The van der Waals surface area contributed by atoms with Gasteiger partial charge in [0.25, 0.3) is 0 Å². The first kappa shape index (κ1) is 15.1. The van der Waals surface area contributed by atoms with E-state index in [9.17, 15) is 0 Å². The topological polar surface area (TPSA) is 118 Å². The largest absolute Gasteiger partial charge is 0.508 e. The van der Waals surface area contributed by atoms with E-state index in [1.807, 2.05) is 12.9 Å². The second kappa shape index (κ2) is 8.17. The fourth-order valence-corrected chi connectivity index (χ4v) is 0.428. The number of carbonyl (C=O) groups is 1. The van der Waals surface area contributed by atoms with Gasteiger partial charge in [0.1, 0.15) is 12.5 Å². The van der Waals surface area contributed by atoms with Crippen molar-refractivity contribution in [2.24, 2.45) is 5.14 Å². The Bertz CT molecular complexity index is 315. The van der Waals surface area contributed by atoms with E-state index < -0.39 is 10.3 Å². The molecule has 6 nitrogen and oxygen atoms in total. The van der Waals surface area contributed by atoms with Gasteiger partial charge in [-0.3, -0.25) is 4.55 Å². The summed E-state index contributed by atoms with van der Waals surface area (Å²) in [7, 11) is -4.17. The van der Waals surface area contributed by atoms with E-state index in [0.29, 0.717) is 5.75 Å². The first-order chi connectivity index (χ1) is 6.39. The van der Waals surface area contributed by atoms with Crippen molar-refractivity contribution in [1.29, 1.82) is 0 Å². The maximum atomic E-state index is 8.97. The third-order valence-electron chi connectivity index (χ3n) is 0.756. The highest BCUT2D eigenvalue weighted by atomic mass is 32.2. The second-order valence-corrected chi connectivity index (χ2v) is 2.88. The summed E-state index contributed by atoms with van der Waals surface area (Å²) in [5.41, 5.74) is 0. The molecule has 0 radical (unpaired) electrons. The number of para-hydroxylation sites is 1. The molecule has 80 valence electrons. The Morgan fingerprint density at radius 2 is 1.43 bits per heavy atom. The Morgan fingerprint density at radius 1 is 1.14 bits per heavy atom. The average molecular weight is 221 g/mol. The molecule has 0 fully saturated rings. The van der Waals surface area contributed by atoms with Crippen LogP contribution in [0.4, 0.5) is 0 Å². The number of rotatable bonds is 0. The number of hydrogen-bond donors (Lipinski definition) is 3. The predicted octanol–water partition coefficient (Wildman–Crippen LogP) is -0.0448. The summed E-state index contributed by atoms with van der Waals surface area (Å²) >= 11 is 0. The molecule has 7 heteroatoms. The van der Waals surface area contributed by atoms with Gasteiger partial charge in [-0.2, -0.15) is 8.42 Å². The Hall–Kier alpha value is -1.44. The van der Waals surface area contributed by atoms with E-state index in [-0.39, 0.29) is 0 Å². The minimum absolute atomic E-state index is 0.322. The van der Waals surface area contributed by atoms with Crippen LogP contribution in [0, 0.1) is 0 Å². The average Bonchev–Trinajstić information content (AvgIpc) is 2.06. The van der Waals surface area contributed by atoms with Crippen LogP contribution in [-0.4, -0.2) is 24.9 Å². The fourth-order valence-electron chi connectivity index (χ4n) is 0.428. The number of nitrogens with two attached hydrogens (primary N) is 1. The van der Waals surface area contributed by atoms with Gasteiger partial charge in [0.2, 0.25) is 0 Å². The normalized spacial score (nSPS) is 8.71. The summed E-state index contributed by atoms with van der Waals surface area (Å²) in [5.74, 6) is 0.322. The zero-order chi connectivity index (χ0) is 11.6. The molecule has 0 aliphatic heterocycles. The van der Waals surface area contributed by atoms with Gasteiger partial charge in [-0.1, -0.05) is 18.2 Å². The van der Waals surface area contributed by atoms with Crippen molar-refractivity contribution >= 4 is 17.1 Å². The number of aromatic hydroxyl groups is 1. The van der Waals surface area contributed by atoms with Crippen molar-refractivity contribution in [1.82, 2.24) is 0 Å². The molecule has 0 bridgehead atoms. The second-order valence-electron chi connectivity index (χ2n) is 1.85. The molecular formula is C7H11NO5S. The molecule has 4 N–H and O–H groups in total. The molecule has 1 rings (SSSR count). The summed E-state index contributed by atoms with van der Waals surface area (Å²) < 4.78 is 25.2. The highest BCUT2D eigenvalue weighted by Gasteiger charge is 1.81. The SMILES string of the molecule is C=O.NS(=O)(=O)O.Oc1ccccc1. The first-order valence-electron chi connectivity index (χ1n) is 3.17.